The van der Waals surface area contributed by atoms with E-state index in [0.717, 1.165) is 6.42 Å². The van der Waals surface area contributed by atoms with Gasteiger partial charge in [0, 0.05) is 0 Å². The van der Waals surface area contributed by atoms with Gasteiger partial charge < -0.3 is 24.6 Å². The van der Waals surface area contributed by atoms with Crippen molar-refractivity contribution < 1.29 is 24.1 Å². The Labute approximate surface area is 111 Å². The Morgan fingerprint density at radius 3 is 2.95 bits per heavy atom. The average Bonchev–Trinajstić information content (AvgIpc) is 2.86. The number of carboxylic acid groups (broad SMARTS) is 1. The van der Waals surface area contributed by atoms with Gasteiger partial charge >= 0.3 is 5.97 Å². The monoisotopic (exact) mass is 267 g/mol. The number of hydrogen-bond acceptors (Lipinski definition) is 5. The Morgan fingerprint density at radius 2 is 2.32 bits per heavy atom. The Bertz CT molecular complexity index is 474. The second kappa shape index (κ2) is 5.79. The number of hydrogen-bond donors (Lipinski definition) is 2. The first-order valence-electron chi connectivity index (χ1n) is 6.11. The lowest BCUT2D eigenvalue weighted by Crippen LogP contribution is -2.29. The number of carboxylic acids is 1. The molecule has 6 nitrogen and oxygen atoms in total. The lowest BCUT2D eigenvalue weighted by atomic mass is 10.1. The highest BCUT2D eigenvalue weighted by Gasteiger charge is 2.26. The summed E-state index contributed by atoms with van der Waals surface area (Å²) in [6, 6.07) is 2.55. The molecular weight excluding hydrogens is 250 g/mol. The third-order valence-corrected chi connectivity index (χ3v) is 2.86. The first-order chi connectivity index (χ1) is 9.17. The number of carbonyl (C=O) groups is 1. The van der Waals surface area contributed by atoms with E-state index in [1.54, 1.807) is 12.1 Å². The molecule has 1 aliphatic rings. The van der Waals surface area contributed by atoms with Crippen LogP contribution < -0.4 is 19.5 Å². The molecule has 0 saturated carbocycles. The summed E-state index contributed by atoms with van der Waals surface area (Å²) in [5.41, 5.74) is 0.585. The second-order valence-electron chi connectivity index (χ2n) is 4.18. The molecule has 1 aromatic carbocycles. The molecule has 0 amide bonds. The Balaban J connectivity index is 2.34. The molecule has 19 heavy (non-hydrogen) atoms. The van der Waals surface area contributed by atoms with Crippen molar-refractivity contribution in [3.05, 3.63) is 17.7 Å². The minimum Gasteiger partial charge on any atom is -0.493 e. The Kier molecular flexibility index (Phi) is 4.11. The molecule has 0 spiro atoms. The number of nitrogens with one attached hydrogen (secondary N) is 1. The van der Waals surface area contributed by atoms with Crippen molar-refractivity contribution in [1.82, 2.24) is 5.32 Å². The van der Waals surface area contributed by atoms with Crippen LogP contribution in [0.3, 0.4) is 0 Å². The number of rotatable bonds is 6. The fourth-order valence-electron chi connectivity index (χ4n) is 1.95. The van der Waals surface area contributed by atoms with Crippen molar-refractivity contribution in [1.29, 1.82) is 0 Å². The van der Waals surface area contributed by atoms with Gasteiger partial charge in [-0.3, -0.25) is 4.79 Å². The Morgan fingerprint density at radius 1 is 1.53 bits per heavy atom. The molecule has 0 aromatic heterocycles. The van der Waals surface area contributed by atoms with E-state index in [1.807, 2.05) is 6.92 Å². The largest absolute Gasteiger partial charge is 0.493 e. The number of benzene rings is 1. The van der Waals surface area contributed by atoms with Gasteiger partial charge in [-0.25, -0.2) is 0 Å². The topological polar surface area (TPSA) is 77.0 Å². The summed E-state index contributed by atoms with van der Waals surface area (Å²) in [5, 5.41) is 12.3. The minimum absolute atomic E-state index is 0.120. The third kappa shape index (κ3) is 2.73. The van der Waals surface area contributed by atoms with Crippen molar-refractivity contribution in [2.75, 3.05) is 20.4 Å². The molecule has 1 aliphatic heterocycles. The standard InChI is InChI=1S/C13H17NO5/c1-3-4-14-11(13(15)16)8-5-9(17-2)12-10(6-8)18-7-19-12/h5-6,11,14H,3-4,7H2,1-2H3,(H,15,16). The summed E-state index contributed by atoms with van der Waals surface area (Å²) >= 11 is 0. The zero-order chi connectivity index (χ0) is 13.8. The molecule has 0 saturated heterocycles. The molecule has 1 unspecified atom stereocenters. The maximum atomic E-state index is 11.3. The van der Waals surface area contributed by atoms with Gasteiger partial charge in [0.2, 0.25) is 12.5 Å². The van der Waals surface area contributed by atoms with E-state index < -0.39 is 12.0 Å². The average molecular weight is 267 g/mol. The van der Waals surface area contributed by atoms with Crippen LogP contribution in [0.2, 0.25) is 0 Å². The predicted octanol–water partition coefficient (Wildman–Crippen LogP) is 1.55. The number of fused-ring (bicyclic) bond motifs is 1. The van der Waals surface area contributed by atoms with Crippen molar-refractivity contribution >= 4 is 5.97 Å². The summed E-state index contributed by atoms with van der Waals surface area (Å²) in [4.78, 5) is 11.3. The SMILES string of the molecule is CCCNC(C(=O)O)c1cc(OC)c2c(c1)OCO2. The van der Waals surface area contributed by atoms with Gasteiger partial charge in [0.1, 0.15) is 6.04 Å². The Hall–Kier alpha value is -1.95. The molecule has 1 aromatic rings. The van der Waals surface area contributed by atoms with E-state index in [-0.39, 0.29) is 6.79 Å². The van der Waals surface area contributed by atoms with Gasteiger partial charge in [-0.2, -0.15) is 0 Å². The number of methoxy groups -OCH3 is 1. The van der Waals surface area contributed by atoms with E-state index >= 15 is 0 Å². The van der Waals surface area contributed by atoms with Gasteiger partial charge in [-0.15, -0.1) is 0 Å². The molecule has 104 valence electrons. The molecule has 0 radical (unpaired) electrons. The van der Waals surface area contributed by atoms with Crippen LogP contribution in [-0.4, -0.2) is 31.5 Å². The maximum absolute atomic E-state index is 11.3. The van der Waals surface area contributed by atoms with Crippen LogP contribution in [0.5, 0.6) is 17.2 Å². The van der Waals surface area contributed by atoms with Crippen molar-refractivity contribution in [2.45, 2.75) is 19.4 Å². The van der Waals surface area contributed by atoms with Crippen molar-refractivity contribution in [3.63, 3.8) is 0 Å². The van der Waals surface area contributed by atoms with E-state index in [1.165, 1.54) is 7.11 Å². The highest BCUT2D eigenvalue weighted by Crippen LogP contribution is 2.43. The van der Waals surface area contributed by atoms with E-state index in [4.69, 9.17) is 14.2 Å². The molecule has 1 heterocycles. The van der Waals surface area contributed by atoms with Crippen LogP contribution >= 0.6 is 0 Å². The normalized spacial score (nSPS) is 14.2. The molecule has 0 aliphatic carbocycles. The lowest BCUT2D eigenvalue weighted by molar-refractivity contribution is -0.139. The number of aliphatic carboxylic acids is 1. The quantitative estimate of drug-likeness (QED) is 0.814. The van der Waals surface area contributed by atoms with Crippen LogP contribution in [0.25, 0.3) is 0 Å². The molecule has 6 heteroatoms. The zero-order valence-corrected chi connectivity index (χ0v) is 10.9. The van der Waals surface area contributed by atoms with Gasteiger partial charge in [0.25, 0.3) is 0 Å². The van der Waals surface area contributed by atoms with Crippen molar-refractivity contribution in [2.24, 2.45) is 0 Å². The van der Waals surface area contributed by atoms with Gasteiger partial charge in [-0.05, 0) is 30.7 Å². The molecule has 2 N–H and O–H groups in total. The van der Waals surface area contributed by atoms with Crippen LogP contribution in [0.4, 0.5) is 0 Å². The smallest absolute Gasteiger partial charge is 0.325 e. The van der Waals surface area contributed by atoms with Gasteiger partial charge in [0.15, 0.2) is 11.5 Å². The maximum Gasteiger partial charge on any atom is 0.325 e. The molecular formula is C13H17NO5. The van der Waals surface area contributed by atoms with Crippen LogP contribution in [0.1, 0.15) is 24.9 Å². The number of ether oxygens (including phenoxy) is 3. The summed E-state index contributed by atoms with van der Waals surface area (Å²) in [6.45, 7) is 2.72. The summed E-state index contributed by atoms with van der Waals surface area (Å²) in [7, 11) is 1.51. The third-order valence-electron chi connectivity index (χ3n) is 2.86. The molecule has 0 fully saturated rings. The van der Waals surface area contributed by atoms with Crippen molar-refractivity contribution in [3.8, 4) is 17.2 Å². The second-order valence-corrected chi connectivity index (χ2v) is 4.18. The summed E-state index contributed by atoms with van der Waals surface area (Å²) in [5.74, 6) is 0.577. The highest BCUT2D eigenvalue weighted by molar-refractivity contribution is 5.76. The molecule has 1 atom stereocenters. The van der Waals surface area contributed by atoms with Crippen LogP contribution in [0, 0.1) is 0 Å². The van der Waals surface area contributed by atoms with Gasteiger partial charge in [-0.1, -0.05) is 6.92 Å². The highest BCUT2D eigenvalue weighted by atomic mass is 16.7. The van der Waals surface area contributed by atoms with Gasteiger partial charge in [0.05, 0.1) is 7.11 Å². The fraction of sp³-hybridized carbons (Fsp3) is 0.462. The zero-order valence-electron chi connectivity index (χ0n) is 10.9. The summed E-state index contributed by atoms with van der Waals surface area (Å²) < 4.78 is 15.8. The van der Waals surface area contributed by atoms with E-state index in [9.17, 15) is 9.90 Å². The fourth-order valence-corrected chi connectivity index (χ4v) is 1.95. The van der Waals surface area contributed by atoms with E-state index in [2.05, 4.69) is 5.32 Å². The molecule has 0 bridgehead atoms. The minimum atomic E-state index is -0.936. The first-order valence-corrected chi connectivity index (χ1v) is 6.11. The van der Waals surface area contributed by atoms with Crippen LogP contribution in [0.15, 0.2) is 12.1 Å². The molecule has 2 rings (SSSR count). The lowest BCUT2D eigenvalue weighted by Gasteiger charge is -2.16. The summed E-state index contributed by atoms with van der Waals surface area (Å²) in [6.07, 6.45) is 0.853. The van der Waals surface area contributed by atoms with Crippen LogP contribution in [-0.2, 0) is 4.79 Å². The predicted molar refractivity (Wildman–Crippen MR) is 67.8 cm³/mol. The first kappa shape index (κ1) is 13.5. The van der Waals surface area contributed by atoms with E-state index in [0.29, 0.717) is 29.4 Å².